The van der Waals surface area contributed by atoms with Crippen LogP contribution in [-0.4, -0.2) is 29.1 Å². The van der Waals surface area contributed by atoms with Crippen LogP contribution < -0.4 is 10.6 Å². The third-order valence-corrected chi connectivity index (χ3v) is 2.61. The van der Waals surface area contributed by atoms with Crippen LogP contribution in [0.1, 0.15) is 18.9 Å². The Balaban J connectivity index is 2.09. The van der Waals surface area contributed by atoms with Crippen molar-refractivity contribution in [1.29, 1.82) is 0 Å². The molecule has 1 aliphatic rings. The number of nitrogens with zero attached hydrogens (tertiary/aromatic N) is 3. The molecule has 0 aliphatic carbocycles. The molecule has 0 spiro atoms. The second kappa shape index (κ2) is 3.92. The van der Waals surface area contributed by atoms with E-state index in [1.165, 1.54) is 5.56 Å². The van der Waals surface area contributed by atoms with Crippen molar-refractivity contribution >= 4 is 5.95 Å². The molecule has 0 unspecified atom stereocenters. The minimum absolute atomic E-state index is 0.282. The predicted molar refractivity (Wildman–Crippen MR) is 56.2 cm³/mol. The summed E-state index contributed by atoms with van der Waals surface area (Å²) in [6, 6.07) is 0.282. The van der Waals surface area contributed by atoms with Crippen LogP contribution in [0, 0.1) is 0 Å². The summed E-state index contributed by atoms with van der Waals surface area (Å²) < 4.78 is 0. The van der Waals surface area contributed by atoms with Gasteiger partial charge in [-0.05, 0) is 18.4 Å². The molecular weight excluding hydrogens is 176 g/mol. The monoisotopic (exact) mass is 192 g/mol. The lowest BCUT2D eigenvalue weighted by atomic mass is 10.3. The highest BCUT2D eigenvalue weighted by atomic mass is 15.3. The number of anilines is 1. The molecule has 1 aliphatic heterocycles. The Labute approximate surface area is 84.2 Å². The number of aryl methyl sites for hydroxylation is 1. The molecule has 1 aromatic heterocycles. The number of nitrogens with two attached hydrogens (primary N) is 1. The Kier molecular flexibility index (Phi) is 2.63. The van der Waals surface area contributed by atoms with E-state index in [0.717, 1.165) is 31.9 Å². The number of hydrogen-bond acceptors (Lipinski definition) is 4. The summed E-state index contributed by atoms with van der Waals surface area (Å²) in [5.41, 5.74) is 7.00. The Morgan fingerprint density at radius 3 is 2.71 bits per heavy atom. The molecule has 1 aromatic rings. The van der Waals surface area contributed by atoms with Gasteiger partial charge >= 0.3 is 0 Å². The van der Waals surface area contributed by atoms with Crippen LogP contribution in [0.25, 0.3) is 0 Å². The fourth-order valence-electron chi connectivity index (χ4n) is 1.66. The third kappa shape index (κ3) is 1.85. The SMILES string of the molecule is CCc1cnc(N2CC[C@@H](N)C2)nc1. The van der Waals surface area contributed by atoms with Gasteiger partial charge in [0, 0.05) is 31.5 Å². The van der Waals surface area contributed by atoms with Crippen molar-refractivity contribution in [2.75, 3.05) is 18.0 Å². The molecule has 4 heteroatoms. The first-order chi connectivity index (χ1) is 6.79. The zero-order valence-electron chi connectivity index (χ0n) is 8.48. The van der Waals surface area contributed by atoms with E-state index in [1.807, 2.05) is 12.4 Å². The minimum Gasteiger partial charge on any atom is -0.339 e. The summed E-state index contributed by atoms with van der Waals surface area (Å²) in [7, 11) is 0. The molecule has 2 N–H and O–H groups in total. The summed E-state index contributed by atoms with van der Waals surface area (Å²) in [5.74, 6) is 0.815. The lowest BCUT2D eigenvalue weighted by Crippen LogP contribution is -2.27. The molecule has 0 radical (unpaired) electrons. The van der Waals surface area contributed by atoms with Crippen molar-refractivity contribution in [3.63, 3.8) is 0 Å². The van der Waals surface area contributed by atoms with Gasteiger partial charge in [-0.3, -0.25) is 0 Å². The van der Waals surface area contributed by atoms with Crippen molar-refractivity contribution in [2.24, 2.45) is 5.73 Å². The molecule has 0 amide bonds. The van der Waals surface area contributed by atoms with Gasteiger partial charge in [-0.2, -0.15) is 0 Å². The fourth-order valence-corrected chi connectivity index (χ4v) is 1.66. The maximum Gasteiger partial charge on any atom is 0.225 e. The van der Waals surface area contributed by atoms with Crippen molar-refractivity contribution in [3.8, 4) is 0 Å². The lowest BCUT2D eigenvalue weighted by Gasteiger charge is -2.14. The van der Waals surface area contributed by atoms with Gasteiger partial charge < -0.3 is 10.6 Å². The Morgan fingerprint density at radius 2 is 2.21 bits per heavy atom. The largest absolute Gasteiger partial charge is 0.339 e. The highest BCUT2D eigenvalue weighted by Gasteiger charge is 2.20. The first-order valence-corrected chi connectivity index (χ1v) is 5.11. The fraction of sp³-hybridized carbons (Fsp3) is 0.600. The van der Waals surface area contributed by atoms with Gasteiger partial charge in [0.15, 0.2) is 0 Å². The second-order valence-electron chi connectivity index (χ2n) is 3.74. The molecular formula is C10H16N4. The van der Waals surface area contributed by atoms with Gasteiger partial charge in [0.2, 0.25) is 5.95 Å². The standard InChI is InChI=1S/C10H16N4/c1-2-8-5-12-10(13-6-8)14-4-3-9(11)7-14/h5-6,9H,2-4,7,11H2,1H3/t9-/m1/s1. The third-order valence-electron chi connectivity index (χ3n) is 2.61. The second-order valence-corrected chi connectivity index (χ2v) is 3.74. The van der Waals surface area contributed by atoms with Gasteiger partial charge in [0.25, 0.3) is 0 Å². The van der Waals surface area contributed by atoms with E-state index in [9.17, 15) is 0 Å². The molecule has 14 heavy (non-hydrogen) atoms. The average molecular weight is 192 g/mol. The van der Waals surface area contributed by atoms with Crippen LogP contribution in [0.5, 0.6) is 0 Å². The van der Waals surface area contributed by atoms with E-state index in [0.29, 0.717) is 0 Å². The van der Waals surface area contributed by atoms with E-state index >= 15 is 0 Å². The molecule has 0 saturated carbocycles. The molecule has 2 rings (SSSR count). The summed E-state index contributed by atoms with van der Waals surface area (Å²) in [5, 5.41) is 0. The molecule has 1 atom stereocenters. The van der Waals surface area contributed by atoms with Crippen molar-refractivity contribution < 1.29 is 0 Å². The highest BCUT2D eigenvalue weighted by molar-refractivity contribution is 5.32. The first kappa shape index (κ1) is 9.40. The summed E-state index contributed by atoms with van der Waals surface area (Å²) in [6.45, 7) is 3.96. The number of hydrogen-bond donors (Lipinski definition) is 1. The summed E-state index contributed by atoms with van der Waals surface area (Å²) in [6.07, 6.45) is 5.82. The number of rotatable bonds is 2. The van der Waals surface area contributed by atoms with Crippen molar-refractivity contribution in [1.82, 2.24) is 9.97 Å². The minimum atomic E-state index is 0.282. The van der Waals surface area contributed by atoms with Crippen LogP contribution in [0.3, 0.4) is 0 Å². The maximum atomic E-state index is 5.82. The van der Waals surface area contributed by atoms with Gasteiger partial charge in [0.1, 0.15) is 0 Å². The van der Waals surface area contributed by atoms with Crippen LogP contribution in [0.15, 0.2) is 12.4 Å². The Hall–Kier alpha value is -1.16. The molecule has 1 saturated heterocycles. The summed E-state index contributed by atoms with van der Waals surface area (Å²) >= 11 is 0. The quantitative estimate of drug-likeness (QED) is 0.744. The van der Waals surface area contributed by atoms with Crippen LogP contribution in [0.2, 0.25) is 0 Å². The normalized spacial score (nSPS) is 21.6. The Morgan fingerprint density at radius 1 is 1.50 bits per heavy atom. The molecule has 0 bridgehead atoms. The zero-order valence-corrected chi connectivity index (χ0v) is 8.48. The van der Waals surface area contributed by atoms with Crippen molar-refractivity contribution in [2.45, 2.75) is 25.8 Å². The van der Waals surface area contributed by atoms with Gasteiger partial charge in [-0.15, -0.1) is 0 Å². The van der Waals surface area contributed by atoms with Crippen LogP contribution in [-0.2, 0) is 6.42 Å². The van der Waals surface area contributed by atoms with E-state index in [-0.39, 0.29) is 6.04 Å². The topological polar surface area (TPSA) is 55.0 Å². The molecule has 2 heterocycles. The van der Waals surface area contributed by atoms with Gasteiger partial charge in [-0.1, -0.05) is 6.92 Å². The molecule has 76 valence electrons. The van der Waals surface area contributed by atoms with E-state index in [4.69, 9.17) is 5.73 Å². The number of aromatic nitrogens is 2. The van der Waals surface area contributed by atoms with E-state index in [2.05, 4.69) is 21.8 Å². The van der Waals surface area contributed by atoms with Crippen LogP contribution >= 0.6 is 0 Å². The highest BCUT2D eigenvalue weighted by Crippen LogP contribution is 2.14. The predicted octanol–water partition coefficient (Wildman–Crippen LogP) is 0.576. The van der Waals surface area contributed by atoms with Crippen molar-refractivity contribution in [3.05, 3.63) is 18.0 Å². The van der Waals surface area contributed by atoms with Gasteiger partial charge in [0.05, 0.1) is 0 Å². The molecule has 1 fully saturated rings. The van der Waals surface area contributed by atoms with Gasteiger partial charge in [-0.25, -0.2) is 9.97 Å². The van der Waals surface area contributed by atoms with Crippen LogP contribution in [0.4, 0.5) is 5.95 Å². The van der Waals surface area contributed by atoms with E-state index < -0.39 is 0 Å². The molecule has 0 aromatic carbocycles. The Bertz CT molecular complexity index is 295. The first-order valence-electron chi connectivity index (χ1n) is 5.11. The maximum absolute atomic E-state index is 5.82. The molecule has 4 nitrogen and oxygen atoms in total. The smallest absolute Gasteiger partial charge is 0.225 e. The average Bonchev–Trinajstić information content (AvgIpc) is 2.65. The zero-order chi connectivity index (χ0) is 9.97. The van der Waals surface area contributed by atoms with E-state index in [1.54, 1.807) is 0 Å². The lowest BCUT2D eigenvalue weighted by molar-refractivity contribution is 0.750. The summed E-state index contributed by atoms with van der Waals surface area (Å²) in [4.78, 5) is 10.8.